The molecule has 1 saturated heterocycles. The zero-order chi connectivity index (χ0) is 12.1. The van der Waals surface area contributed by atoms with Gasteiger partial charge in [0.05, 0.1) is 0 Å². The summed E-state index contributed by atoms with van der Waals surface area (Å²) in [5, 5.41) is 3.54. The van der Waals surface area contributed by atoms with Crippen LogP contribution >= 0.6 is 0 Å². The molecule has 1 aliphatic heterocycles. The van der Waals surface area contributed by atoms with Gasteiger partial charge >= 0.3 is 0 Å². The lowest BCUT2D eigenvalue weighted by Crippen LogP contribution is -2.45. The van der Waals surface area contributed by atoms with Gasteiger partial charge in [-0.15, -0.1) is 0 Å². The number of likely N-dealkylation sites (tertiary alicyclic amines) is 1. The van der Waals surface area contributed by atoms with Gasteiger partial charge in [0.1, 0.15) is 0 Å². The van der Waals surface area contributed by atoms with Crippen molar-refractivity contribution in [2.45, 2.75) is 57.9 Å². The highest BCUT2D eigenvalue weighted by atomic mass is 15.1. The third-order valence-corrected chi connectivity index (χ3v) is 4.95. The van der Waals surface area contributed by atoms with E-state index in [4.69, 9.17) is 0 Å². The number of hydrogen-bond acceptors (Lipinski definition) is 2. The van der Waals surface area contributed by atoms with E-state index in [-0.39, 0.29) is 0 Å². The van der Waals surface area contributed by atoms with Crippen molar-refractivity contribution in [1.82, 2.24) is 10.2 Å². The minimum atomic E-state index is 0.783. The van der Waals surface area contributed by atoms with Crippen LogP contribution in [0.4, 0.5) is 0 Å². The first-order valence-corrected chi connectivity index (χ1v) is 7.73. The molecular weight excluding hydrogens is 208 g/mol. The molecule has 0 aromatic rings. The molecule has 100 valence electrons. The third kappa shape index (κ3) is 3.69. The van der Waals surface area contributed by atoms with Gasteiger partial charge in [-0.3, -0.25) is 0 Å². The van der Waals surface area contributed by atoms with Crippen molar-refractivity contribution >= 4 is 0 Å². The summed E-state index contributed by atoms with van der Waals surface area (Å²) in [6.07, 6.45) is 9.98. The Hall–Kier alpha value is -0.0800. The van der Waals surface area contributed by atoms with Crippen LogP contribution in [0.3, 0.4) is 0 Å². The highest BCUT2D eigenvalue weighted by molar-refractivity contribution is 4.84. The predicted octanol–water partition coefficient (Wildman–Crippen LogP) is 2.89. The van der Waals surface area contributed by atoms with Gasteiger partial charge in [0, 0.05) is 19.1 Å². The molecule has 1 heterocycles. The second-order valence-corrected chi connectivity index (χ2v) is 6.12. The number of piperidine rings is 1. The largest absolute Gasteiger partial charge is 0.317 e. The molecule has 17 heavy (non-hydrogen) atoms. The number of nitrogens with one attached hydrogen (secondary N) is 1. The Morgan fingerprint density at radius 3 is 2.71 bits per heavy atom. The molecular formula is C15H30N2. The van der Waals surface area contributed by atoms with Crippen molar-refractivity contribution in [3.63, 3.8) is 0 Å². The van der Waals surface area contributed by atoms with E-state index in [2.05, 4.69) is 24.2 Å². The van der Waals surface area contributed by atoms with Crippen molar-refractivity contribution < 1.29 is 0 Å². The summed E-state index contributed by atoms with van der Waals surface area (Å²) in [6, 6.07) is 0.783. The number of hydrogen-bond donors (Lipinski definition) is 1. The summed E-state index contributed by atoms with van der Waals surface area (Å²) in [5.41, 5.74) is 0. The fraction of sp³-hybridized carbons (Fsp3) is 1.00. The van der Waals surface area contributed by atoms with Crippen LogP contribution in [0, 0.1) is 11.8 Å². The molecule has 1 aliphatic carbocycles. The highest BCUT2D eigenvalue weighted by Gasteiger charge is 2.27. The Morgan fingerprint density at radius 1 is 1.12 bits per heavy atom. The molecule has 0 aromatic carbocycles. The van der Waals surface area contributed by atoms with Gasteiger partial charge in [-0.2, -0.15) is 0 Å². The molecule has 2 nitrogen and oxygen atoms in total. The van der Waals surface area contributed by atoms with E-state index < -0.39 is 0 Å². The lowest BCUT2D eigenvalue weighted by molar-refractivity contribution is 0.121. The zero-order valence-electron chi connectivity index (χ0n) is 11.8. The summed E-state index contributed by atoms with van der Waals surface area (Å²) < 4.78 is 0. The van der Waals surface area contributed by atoms with Gasteiger partial charge in [0.2, 0.25) is 0 Å². The van der Waals surface area contributed by atoms with E-state index in [9.17, 15) is 0 Å². The Morgan fingerprint density at radius 2 is 1.94 bits per heavy atom. The smallest absolute Gasteiger partial charge is 0.0104 e. The molecule has 0 bridgehead atoms. The van der Waals surface area contributed by atoms with Crippen molar-refractivity contribution in [2.75, 3.05) is 26.7 Å². The Bertz CT molecular complexity index is 217. The molecule has 1 saturated carbocycles. The van der Waals surface area contributed by atoms with Gasteiger partial charge in [-0.1, -0.05) is 26.2 Å². The van der Waals surface area contributed by atoms with Crippen LogP contribution in [-0.2, 0) is 0 Å². The Balaban J connectivity index is 1.81. The fourth-order valence-corrected chi connectivity index (χ4v) is 3.79. The van der Waals surface area contributed by atoms with Crippen LogP contribution in [0.2, 0.25) is 0 Å². The summed E-state index contributed by atoms with van der Waals surface area (Å²) >= 11 is 0. The second kappa shape index (κ2) is 6.75. The summed E-state index contributed by atoms with van der Waals surface area (Å²) in [7, 11) is 2.15. The Labute approximate surface area is 107 Å². The molecule has 0 spiro atoms. The van der Waals surface area contributed by atoms with E-state index in [1.165, 1.54) is 64.6 Å². The van der Waals surface area contributed by atoms with E-state index in [0.717, 1.165) is 17.9 Å². The molecule has 1 N–H and O–H groups in total. The average Bonchev–Trinajstić information content (AvgIpc) is 2.39. The number of rotatable bonds is 4. The normalized spacial score (nSPS) is 36.0. The molecule has 2 heteroatoms. The van der Waals surface area contributed by atoms with Gasteiger partial charge in [-0.05, 0) is 51.1 Å². The summed E-state index contributed by atoms with van der Waals surface area (Å²) in [5.74, 6) is 1.88. The average molecular weight is 238 g/mol. The lowest BCUT2D eigenvalue weighted by Gasteiger charge is -2.39. The summed E-state index contributed by atoms with van der Waals surface area (Å²) in [6.45, 7) is 6.42. The first-order chi connectivity index (χ1) is 8.33. The highest BCUT2D eigenvalue weighted by Crippen LogP contribution is 2.27. The predicted molar refractivity (Wildman–Crippen MR) is 74.3 cm³/mol. The van der Waals surface area contributed by atoms with Crippen LogP contribution in [-0.4, -0.2) is 37.6 Å². The van der Waals surface area contributed by atoms with Crippen LogP contribution in [0.1, 0.15) is 51.9 Å². The molecule has 3 atom stereocenters. The van der Waals surface area contributed by atoms with E-state index in [0.29, 0.717) is 0 Å². The Kier molecular flexibility index (Phi) is 5.30. The molecule has 2 fully saturated rings. The minimum Gasteiger partial charge on any atom is -0.317 e. The van der Waals surface area contributed by atoms with Crippen molar-refractivity contribution in [3.8, 4) is 0 Å². The van der Waals surface area contributed by atoms with Gasteiger partial charge in [0.15, 0.2) is 0 Å². The van der Waals surface area contributed by atoms with Crippen LogP contribution in [0.15, 0.2) is 0 Å². The maximum absolute atomic E-state index is 3.54. The topological polar surface area (TPSA) is 15.3 Å². The van der Waals surface area contributed by atoms with Crippen molar-refractivity contribution in [2.24, 2.45) is 11.8 Å². The van der Waals surface area contributed by atoms with Crippen molar-refractivity contribution in [3.05, 3.63) is 0 Å². The first-order valence-electron chi connectivity index (χ1n) is 7.73. The van der Waals surface area contributed by atoms with E-state index >= 15 is 0 Å². The third-order valence-electron chi connectivity index (χ3n) is 4.95. The molecule has 0 aromatic heterocycles. The maximum atomic E-state index is 3.54. The van der Waals surface area contributed by atoms with Crippen LogP contribution < -0.4 is 5.32 Å². The molecule has 0 radical (unpaired) electrons. The first kappa shape index (κ1) is 13.4. The maximum Gasteiger partial charge on any atom is 0.0104 e. The van der Waals surface area contributed by atoms with Crippen LogP contribution in [0.25, 0.3) is 0 Å². The van der Waals surface area contributed by atoms with E-state index in [1.807, 2.05) is 0 Å². The molecule has 2 aliphatic rings. The zero-order valence-corrected chi connectivity index (χ0v) is 11.8. The standard InChI is InChI=1S/C15H30N2/c1-3-13-7-6-10-17(11-13)12-14-8-4-5-9-15(14)16-2/h13-16H,3-12H2,1-2H3. The number of nitrogens with zero attached hydrogens (tertiary/aromatic N) is 1. The van der Waals surface area contributed by atoms with Gasteiger partial charge in [0.25, 0.3) is 0 Å². The van der Waals surface area contributed by atoms with E-state index in [1.54, 1.807) is 0 Å². The lowest BCUT2D eigenvalue weighted by atomic mass is 9.83. The monoisotopic (exact) mass is 238 g/mol. The van der Waals surface area contributed by atoms with Crippen molar-refractivity contribution in [1.29, 1.82) is 0 Å². The van der Waals surface area contributed by atoms with Crippen LogP contribution in [0.5, 0.6) is 0 Å². The fourth-order valence-electron chi connectivity index (χ4n) is 3.79. The molecule has 0 amide bonds. The summed E-state index contributed by atoms with van der Waals surface area (Å²) in [4.78, 5) is 2.75. The molecule has 3 unspecified atom stereocenters. The van der Waals surface area contributed by atoms with Gasteiger partial charge < -0.3 is 10.2 Å². The molecule has 2 rings (SSSR count). The SMILES string of the molecule is CCC1CCCN(CC2CCCCC2NC)C1. The minimum absolute atomic E-state index is 0.783. The quantitative estimate of drug-likeness (QED) is 0.810. The van der Waals surface area contributed by atoms with Gasteiger partial charge in [-0.25, -0.2) is 0 Å². The second-order valence-electron chi connectivity index (χ2n) is 6.12.